The number of hydrogen-bond acceptors (Lipinski definition) is 4. The van der Waals surface area contributed by atoms with E-state index in [1.807, 2.05) is 6.92 Å². The molecule has 2 heterocycles. The van der Waals surface area contributed by atoms with E-state index in [-0.39, 0.29) is 23.6 Å². The normalized spacial score (nSPS) is 46.1. The number of Topliss-reactive ketones (excluding diaryl/α,β-unsaturated/α-hetero) is 1. The van der Waals surface area contributed by atoms with Crippen molar-refractivity contribution in [1.29, 1.82) is 0 Å². The molecule has 2 bridgehead atoms. The Kier molecular flexibility index (Phi) is 2.81. The fraction of sp³-hybridized carbons (Fsp3) is 0.818. The van der Waals surface area contributed by atoms with Crippen molar-refractivity contribution in [2.24, 2.45) is 11.8 Å². The van der Waals surface area contributed by atoms with Crippen LogP contribution in [0.25, 0.3) is 0 Å². The van der Waals surface area contributed by atoms with Crippen LogP contribution in [0, 0.1) is 11.8 Å². The van der Waals surface area contributed by atoms with Gasteiger partial charge in [0.05, 0.1) is 18.6 Å². The molecule has 4 atom stereocenters. The van der Waals surface area contributed by atoms with Crippen LogP contribution in [0.2, 0.25) is 0 Å². The molecule has 0 aromatic rings. The van der Waals surface area contributed by atoms with Crippen LogP contribution in [0.5, 0.6) is 0 Å². The van der Waals surface area contributed by atoms with Gasteiger partial charge in [0.15, 0.2) is 5.78 Å². The lowest BCUT2D eigenvalue weighted by Gasteiger charge is -2.32. The summed E-state index contributed by atoms with van der Waals surface area (Å²) in [5, 5.41) is 0. The van der Waals surface area contributed by atoms with Gasteiger partial charge in [0.2, 0.25) is 0 Å². The maximum atomic E-state index is 11.9. The van der Waals surface area contributed by atoms with Crippen molar-refractivity contribution in [2.75, 3.05) is 11.5 Å². The Hall–Kier alpha value is -0.170. The van der Waals surface area contributed by atoms with Gasteiger partial charge >= 0.3 is 5.97 Å². The van der Waals surface area contributed by atoms with E-state index in [1.165, 1.54) is 7.11 Å². The van der Waals surface area contributed by atoms with E-state index in [0.717, 1.165) is 4.43 Å². The predicted molar refractivity (Wildman–Crippen MR) is 65.4 cm³/mol. The number of fused-ring (bicyclic) bond motifs is 2. The molecule has 0 saturated carbocycles. The Bertz CT molecular complexity index is 356. The average molecular weight is 338 g/mol. The van der Waals surface area contributed by atoms with E-state index in [1.54, 1.807) is 6.92 Å². The fourth-order valence-corrected chi connectivity index (χ4v) is 4.40. The number of carbonyl (C=O) groups excluding carboxylic acids is 2. The minimum absolute atomic E-state index is 0.0770. The van der Waals surface area contributed by atoms with E-state index < -0.39 is 11.2 Å². The van der Waals surface area contributed by atoms with Crippen LogP contribution in [-0.4, -0.2) is 34.5 Å². The maximum Gasteiger partial charge on any atom is 0.312 e. The van der Waals surface area contributed by atoms with Crippen LogP contribution < -0.4 is 0 Å². The Labute approximate surface area is 108 Å². The molecule has 2 aliphatic heterocycles. The van der Waals surface area contributed by atoms with Gasteiger partial charge in [0, 0.05) is 16.8 Å². The quantitative estimate of drug-likeness (QED) is 0.433. The number of alkyl halides is 1. The van der Waals surface area contributed by atoms with Gasteiger partial charge in [-0.15, -0.1) is 0 Å². The molecule has 0 aliphatic carbocycles. The Balaban J connectivity index is 2.42. The maximum absolute atomic E-state index is 11.9. The van der Waals surface area contributed by atoms with E-state index in [4.69, 9.17) is 9.47 Å². The first kappa shape index (κ1) is 12.3. The Morgan fingerprint density at radius 2 is 2.25 bits per heavy atom. The van der Waals surface area contributed by atoms with Crippen LogP contribution in [0.3, 0.4) is 0 Å². The molecule has 4 nitrogen and oxygen atoms in total. The summed E-state index contributed by atoms with van der Waals surface area (Å²) in [5.74, 6) is -0.555. The number of ketones is 1. The second-order valence-corrected chi connectivity index (χ2v) is 5.76. The second-order valence-electron chi connectivity index (χ2n) is 4.88. The van der Waals surface area contributed by atoms with Crippen LogP contribution in [-0.2, 0) is 19.1 Å². The zero-order valence-corrected chi connectivity index (χ0v) is 11.7. The van der Waals surface area contributed by atoms with Gasteiger partial charge in [-0.1, -0.05) is 22.6 Å². The number of hydrogen-bond donors (Lipinski definition) is 0. The lowest BCUT2D eigenvalue weighted by atomic mass is 9.68. The van der Waals surface area contributed by atoms with Gasteiger partial charge in [-0.2, -0.15) is 0 Å². The molecule has 0 unspecified atom stereocenters. The largest absolute Gasteiger partial charge is 0.469 e. The molecule has 5 heteroatoms. The number of carbonyl (C=O) groups is 2. The lowest BCUT2D eigenvalue weighted by Crippen LogP contribution is -2.48. The van der Waals surface area contributed by atoms with Gasteiger partial charge in [0.25, 0.3) is 0 Å². The molecule has 0 radical (unpaired) electrons. The van der Waals surface area contributed by atoms with Crippen LogP contribution in [0.1, 0.15) is 20.3 Å². The highest BCUT2D eigenvalue weighted by atomic mass is 127. The third kappa shape index (κ3) is 1.37. The summed E-state index contributed by atoms with van der Waals surface area (Å²) >= 11 is 2.20. The van der Waals surface area contributed by atoms with Crippen LogP contribution >= 0.6 is 22.6 Å². The minimum atomic E-state index is -0.797. The Morgan fingerprint density at radius 1 is 1.62 bits per heavy atom. The number of rotatable bonds is 2. The van der Waals surface area contributed by atoms with Crippen LogP contribution in [0.4, 0.5) is 0 Å². The fourth-order valence-electron chi connectivity index (χ4n) is 3.05. The third-order valence-electron chi connectivity index (χ3n) is 3.90. The summed E-state index contributed by atoms with van der Waals surface area (Å²) in [7, 11) is 1.38. The standard InChI is InChI=1S/C11H15IO4/c1-10-4-7(13)11(2,16-10)6(5-12)8(10)9(14)15-3/h6,8H,4-5H2,1-3H3/t6-,8+,10-,11-/m0/s1. The minimum Gasteiger partial charge on any atom is -0.469 e. The van der Waals surface area contributed by atoms with Crippen molar-refractivity contribution in [1.82, 2.24) is 0 Å². The van der Waals surface area contributed by atoms with Gasteiger partial charge in [-0.05, 0) is 13.8 Å². The first-order chi connectivity index (χ1) is 7.39. The van der Waals surface area contributed by atoms with Gasteiger partial charge in [-0.3, -0.25) is 9.59 Å². The van der Waals surface area contributed by atoms with Crippen LogP contribution in [0.15, 0.2) is 0 Å². The summed E-state index contributed by atoms with van der Waals surface area (Å²) in [5.41, 5.74) is -1.47. The summed E-state index contributed by atoms with van der Waals surface area (Å²) in [6.07, 6.45) is 0.316. The van der Waals surface area contributed by atoms with Crippen molar-refractivity contribution in [3.63, 3.8) is 0 Å². The summed E-state index contributed by atoms with van der Waals surface area (Å²) in [6, 6.07) is 0. The molecule has 2 rings (SSSR count). The molecule has 16 heavy (non-hydrogen) atoms. The lowest BCUT2D eigenvalue weighted by molar-refractivity contribution is -0.151. The van der Waals surface area contributed by atoms with Gasteiger partial charge in [0.1, 0.15) is 5.60 Å². The summed E-state index contributed by atoms with van der Waals surface area (Å²) < 4.78 is 11.4. The van der Waals surface area contributed by atoms with Crippen molar-refractivity contribution >= 4 is 34.3 Å². The van der Waals surface area contributed by atoms with Crippen molar-refractivity contribution in [3.8, 4) is 0 Å². The molecule has 0 aromatic carbocycles. The topological polar surface area (TPSA) is 52.6 Å². The SMILES string of the molecule is COC(=O)[C@H]1[C@H](CI)[C@]2(C)O[C@@]1(C)CC2=O. The molecule has 0 spiro atoms. The zero-order valence-electron chi connectivity index (χ0n) is 9.58. The molecular formula is C11H15IO4. The number of esters is 1. The van der Waals surface area contributed by atoms with E-state index in [9.17, 15) is 9.59 Å². The molecule has 2 aliphatic rings. The first-order valence-electron chi connectivity index (χ1n) is 5.26. The highest BCUT2D eigenvalue weighted by Gasteiger charge is 2.69. The molecule has 0 N–H and O–H groups in total. The highest BCUT2D eigenvalue weighted by Crippen LogP contribution is 2.56. The zero-order chi connectivity index (χ0) is 12.1. The van der Waals surface area contributed by atoms with Crippen molar-refractivity contribution in [3.05, 3.63) is 0 Å². The predicted octanol–water partition coefficient (Wildman–Crippen LogP) is 1.35. The summed E-state index contributed by atoms with van der Waals surface area (Å²) in [6.45, 7) is 3.64. The van der Waals surface area contributed by atoms with Gasteiger partial charge < -0.3 is 9.47 Å². The number of methoxy groups -OCH3 is 1. The number of halogens is 1. The molecule has 2 fully saturated rings. The molecule has 2 saturated heterocycles. The highest BCUT2D eigenvalue weighted by molar-refractivity contribution is 14.1. The van der Waals surface area contributed by atoms with E-state index in [0.29, 0.717) is 6.42 Å². The average Bonchev–Trinajstić information content (AvgIpc) is 2.58. The Morgan fingerprint density at radius 3 is 2.75 bits per heavy atom. The molecule has 90 valence electrons. The molecular weight excluding hydrogens is 323 g/mol. The molecule has 0 aromatic heterocycles. The second kappa shape index (κ2) is 3.66. The molecule has 0 amide bonds. The van der Waals surface area contributed by atoms with E-state index >= 15 is 0 Å². The van der Waals surface area contributed by atoms with Gasteiger partial charge in [-0.25, -0.2) is 0 Å². The smallest absolute Gasteiger partial charge is 0.312 e. The van der Waals surface area contributed by atoms with Crippen molar-refractivity contribution < 1.29 is 19.1 Å². The third-order valence-corrected chi connectivity index (χ3v) is 4.85. The summed E-state index contributed by atoms with van der Waals surface area (Å²) in [4.78, 5) is 23.7. The monoisotopic (exact) mass is 338 g/mol. The first-order valence-corrected chi connectivity index (χ1v) is 6.79. The van der Waals surface area contributed by atoms with E-state index in [2.05, 4.69) is 22.6 Å². The number of ether oxygens (including phenoxy) is 2. The van der Waals surface area contributed by atoms with Crippen molar-refractivity contribution in [2.45, 2.75) is 31.5 Å².